The Kier molecular flexibility index (Phi) is 3.86. The Labute approximate surface area is 145 Å². The number of fused-ring (bicyclic) bond motifs is 1. The van der Waals surface area contributed by atoms with Crippen molar-refractivity contribution in [3.63, 3.8) is 0 Å². The Morgan fingerprint density at radius 2 is 1.96 bits per heavy atom. The summed E-state index contributed by atoms with van der Waals surface area (Å²) in [7, 11) is 0. The summed E-state index contributed by atoms with van der Waals surface area (Å²) >= 11 is 0. The normalized spacial score (nSPS) is 10.9. The number of nitrogens with zero attached hydrogens (tertiary/aromatic N) is 1. The molecule has 0 unspecified atom stereocenters. The first kappa shape index (κ1) is 15.3. The zero-order valence-electron chi connectivity index (χ0n) is 13.8. The van der Waals surface area contributed by atoms with E-state index in [9.17, 15) is 4.79 Å². The average molecular weight is 331 g/mol. The standard InChI is InChI=1S/C21H17NO3/c1-2-24-21(23)20-17(14-22-11-4-3-9-18(20)22)15-7-5-8-16(13-15)19-10-6-12-25-19/h3-14H,2H2,1H3. The van der Waals surface area contributed by atoms with Crippen LogP contribution in [0.4, 0.5) is 0 Å². The lowest BCUT2D eigenvalue weighted by atomic mass is 10.0. The number of ether oxygens (including phenoxy) is 1. The predicted molar refractivity (Wildman–Crippen MR) is 96.5 cm³/mol. The van der Waals surface area contributed by atoms with Crippen molar-refractivity contribution in [1.82, 2.24) is 4.40 Å². The van der Waals surface area contributed by atoms with E-state index in [0.717, 1.165) is 28.0 Å². The van der Waals surface area contributed by atoms with Gasteiger partial charge in [0, 0.05) is 23.5 Å². The topological polar surface area (TPSA) is 43.8 Å². The van der Waals surface area contributed by atoms with Gasteiger partial charge in [-0.05, 0) is 42.8 Å². The molecule has 0 aliphatic carbocycles. The number of esters is 1. The molecule has 0 amide bonds. The van der Waals surface area contributed by atoms with Gasteiger partial charge < -0.3 is 13.6 Å². The molecular formula is C21H17NO3. The fourth-order valence-corrected chi connectivity index (χ4v) is 3.04. The Balaban J connectivity index is 1.90. The highest BCUT2D eigenvalue weighted by Crippen LogP contribution is 2.32. The van der Waals surface area contributed by atoms with Gasteiger partial charge in [0.25, 0.3) is 0 Å². The minimum atomic E-state index is -0.311. The van der Waals surface area contributed by atoms with Gasteiger partial charge in [0.05, 0.1) is 24.0 Å². The van der Waals surface area contributed by atoms with Crippen LogP contribution in [0.25, 0.3) is 28.0 Å². The number of furan rings is 1. The molecule has 0 spiro atoms. The molecule has 124 valence electrons. The van der Waals surface area contributed by atoms with E-state index in [0.29, 0.717) is 12.2 Å². The van der Waals surface area contributed by atoms with Crippen LogP contribution in [0, 0.1) is 0 Å². The molecule has 0 aliphatic rings. The molecule has 4 rings (SSSR count). The van der Waals surface area contributed by atoms with Crippen LogP contribution in [0.15, 0.2) is 77.7 Å². The summed E-state index contributed by atoms with van der Waals surface area (Å²) < 4.78 is 12.7. The van der Waals surface area contributed by atoms with Crippen molar-refractivity contribution in [2.45, 2.75) is 6.92 Å². The summed E-state index contributed by atoms with van der Waals surface area (Å²) in [6.07, 6.45) is 5.54. The molecule has 4 aromatic rings. The second-order valence-corrected chi connectivity index (χ2v) is 5.69. The average Bonchev–Trinajstić information content (AvgIpc) is 3.30. The van der Waals surface area contributed by atoms with Gasteiger partial charge in [-0.25, -0.2) is 4.79 Å². The number of pyridine rings is 1. The first-order valence-electron chi connectivity index (χ1n) is 8.19. The Bertz CT molecular complexity index is 1030. The van der Waals surface area contributed by atoms with Crippen LogP contribution in [0.2, 0.25) is 0 Å². The molecule has 3 heterocycles. The number of hydrogen-bond donors (Lipinski definition) is 0. The van der Waals surface area contributed by atoms with Crippen LogP contribution in [0.3, 0.4) is 0 Å². The number of aromatic nitrogens is 1. The number of rotatable bonds is 4. The van der Waals surface area contributed by atoms with Crippen molar-refractivity contribution in [2.75, 3.05) is 6.61 Å². The number of hydrogen-bond acceptors (Lipinski definition) is 3. The highest BCUT2D eigenvalue weighted by molar-refractivity contribution is 6.05. The molecule has 1 aromatic carbocycles. The molecule has 0 saturated carbocycles. The third-order valence-corrected chi connectivity index (χ3v) is 4.14. The maximum atomic E-state index is 12.6. The molecule has 0 fully saturated rings. The van der Waals surface area contributed by atoms with E-state index in [4.69, 9.17) is 9.15 Å². The van der Waals surface area contributed by atoms with Crippen molar-refractivity contribution in [3.8, 4) is 22.5 Å². The van der Waals surface area contributed by atoms with E-state index in [1.165, 1.54) is 0 Å². The molecule has 0 N–H and O–H groups in total. The van der Waals surface area contributed by atoms with Crippen LogP contribution >= 0.6 is 0 Å². The smallest absolute Gasteiger partial charge is 0.340 e. The molecule has 25 heavy (non-hydrogen) atoms. The van der Waals surface area contributed by atoms with Crippen LogP contribution in [-0.4, -0.2) is 17.0 Å². The lowest BCUT2D eigenvalue weighted by molar-refractivity contribution is 0.0529. The first-order valence-corrected chi connectivity index (χ1v) is 8.19. The van der Waals surface area contributed by atoms with E-state index in [2.05, 4.69) is 0 Å². The van der Waals surface area contributed by atoms with Gasteiger partial charge in [0.15, 0.2) is 0 Å². The van der Waals surface area contributed by atoms with Gasteiger partial charge in [-0.3, -0.25) is 0 Å². The molecule has 3 aromatic heterocycles. The largest absolute Gasteiger partial charge is 0.464 e. The molecule has 4 nitrogen and oxygen atoms in total. The minimum absolute atomic E-state index is 0.311. The van der Waals surface area contributed by atoms with Gasteiger partial charge in [-0.15, -0.1) is 0 Å². The molecular weight excluding hydrogens is 314 g/mol. The predicted octanol–water partition coefficient (Wildman–Crippen LogP) is 5.04. The van der Waals surface area contributed by atoms with Crippen molar-refractivity contribution >= 4 is 11.5 Å². The van der Waals surface area contributed by atoms with Crippen molar-refractivity contribution in [1.29, 1.82) is 0 Å². The minimum Gasteiger partial charge on any atom is -0.464 e. The zero-order valence-corrected chi connectivity index (χ0v) is 13.8. The molecule has 0 bridgehead atoms. The van der Waals surface area contributed by atoms with Crippen LogP contribution in [0.5, 0.6) is 0 Å². The lowest BCUT2D eigenvalue weighted by Gasteiger charge is -2.06. The number of carbonyl (C=O) groups excluding carboxylic acids is 1. The van der Waals surface area contributed by atoms with Gasteiger partial charge in [0.1, 0.15) is 5.76 Å². The van der Waals surface area contributed by atoms with Gasteiger partial charge in [-0.2, -0.15) is 0 Å². The van der Waals surface area contributed by atoms with Crippen LogP contribution < -0.4 is 0 Å². The highest BCUT2D eigenvalue weighted by Gasteiger charge is 2.20. The van der Waals surface area contributed by atoms with E-state index in [1.54, 1.807) is 6.26 Å². The van der Waals surface area contributed by atoms with E-state index in [-0.39, 0.29) is 5.97 Å². The summed E-state index contributed by atoms with van der Waals surface area (Å²) in [5, 5.41) is 0. The summed E-state index contributed by atoms with van der Waals surface area (Å²) in [5.74, 6) is 0.484. The van der Waals surface area contributed by atoms with Crippen LogP contribution in [-0.2, 0) is 4.74 Å². The van der Waals surface area contributed by atoms with E-state index < -0.39 is 0 Å². The van der Waals surface area contributed by atoms with E-state index >= 15 is 0 Å². The van der Waals surface area contributed by atoms with Crippen LogP contribution in [0.1, 0.15) is 17.3 Å². The molecule has 0 aliphatic heterocycles. The van der Waals surface area contributed by atoms with Crippen molar-refractivity contribution in [2.24, 2.45) is 0 Å². The molecule has 0 saturated heterocycles. The van der Waals surface area contributed by atoms with Gasteiger partial charge >= 0.3 is 5.97 Å². The van der Waals surface area contributed by atoms with Gasteiger partial charge in [0.2, 0.25) is 0 Å². The second-order valence-electron chi connectivity index (χ2n) is 5.69. The highest BCUT2D eigenvalue weighted by atomic mass is 16.5. The Hall–Kier alpha value is -3.27. The van der Waals surface area contributed by atoms with E-state index in [1.807, 2.05) is 78.3 Å². The number of benzene rings is 1. The second kappa shape index (κ2) is 6.32. The summed E-state index contributed by atoms with van der Waals surface area (Å²) in [6, 6.07) is 17.5. The zero-order chi connectivity index (χ0) is 17.2. The molecule has 0 atom stereocenters. The SMILES string of the molecule is CCOC(=O)c1c(-c2cccc(-c3ccco3)c2)cn2ccccc12. The fraction of sp³-hybridized carbons (Fsp3) is 0.0952. The Morgan fingerprint density at radius 1 is 1.08 bits per heavy atom. The maximum Gasteiger partial charge on any atom is 0.340 e. The third-order valence-electron chi connectivity index (χ3n) is 4.14. The summed E-state index contributed by atoms with van der Waals surface area (Å²) in [6.45, 7) is 2.16. The van der Waals surface area contributed by atoms with Crippen molar-refractivity contribution < 1.29 is 13.9 Å². The first-order chi connectivity index (χ1) is 12.3. The lowest BCUT2D eigenvalue weighted by Crippen LogP contribution is -2.05. The molecule has 0 radical (unpaired) electrons. The quantitative estimate of drug-likeness (QED) is 0.492. The summed E-state index contributed by atoms with van der Waals surface area (Å²) in [5.41, 5.74) is 4.17. The monoisotopic (exact) mass is 331 g/mol. The maximum absolute atomic E-state index is 12.6. The van der Waals surface area contributed by atoms with Gasteiger partial charge in [-0.1, -0.05) is 24.3 Å². The number of carbonyl (C=O) groups is 1. The van der Waals surface area contributed by atoms with Crippen molar-refractivity contribution in [3.05, 3.63) is 78.8 Å². The third kappa shape index (κ3) is 2.72. The fourth-order valence-electron chi connectivity index (χ4n) is 3.04. The Morgan fingerprint density at radius 3 is 2.76 bits per heavy atom. The summed E-state index contributed by atoms with van der Waals surface area (Å²) in [4.78, 5) is 12.6. The molecule has 4 heteroatoms.